The third kappa shape index (κ3) is 3.02. The van der Waals surface area contributed by atoms with Gasteiger partial charge >= 0.3 is 5.66 Å². The Hall–Kier alpha value is -0.990. The maximum Gasteiger partial charge on any atom is 0.312 e. The second-order valence-corrected chi connectivity index (χ2v) is 4.15. The number of rotatable bonds is 5. The highest BCUT2D eigenvalue weighted by Crippen LogP contribution is 2.22. The topological polar surface area (TPSA) is 122 Å². The normalized spacial score (nSPS) is 29.9. The van der Waals surface area contributed by atoms with Crippen LogP contribution in [0.1, 0.15) is 0 Å². The van der Waals surface area contributed by atoms with Crippen LogP contribution in [-0.2, 0) is 0 Å². The van der Waals surface area contributed by atoms with Crippen molar-refractivity contribution in [1.29, 1.82) is 0 Å². The van der Waals surface area contributed by atoms with Gasteiger partial charge in [-0.15, -0.1) is 0 Å². The fraction of sp³-hybridized carbons (Fsp3) is 0.556. The van der Waals surface area contributed by atoms with Gasteiger partial charge in [-0.25, -0.2) is 5.32 Å². The molecule has 5 N–H and O–H groups in total. The van der Waals surface area contributed by atoms with Crippen molar-refractivity contribution in [3.8, 4) is 0 Å². The summed E-state index contributed by atoms with van der Waals surface area (Å²) >= 11 is 5.69. The van der Waals surface area contributed by atoms with Gasteiger partial charge in [0, 0.05) is 22.6 Å². The molecule has 0 bridgehead atoms. The minimum Gasteiger partial charge on any atom is -0.394 e. The Kier molecular flexibility index (Phi) is 4.61. The van der Waals surface area contributed by atoms with E-state index >= 15 is 0 Å². The van der Waals surface area contributed by atoms with Crippen molar-refractivity contribution >= 4 is 11.6 Å². The van der Waals surface area contributed by atoms with E-state index in [0.717, 1.165) is 0 Å². The largest absolute Gasteiger partial charge is 0.394 e. The summed E-state index contributed by atoms with van der Waals surface area (Å²) in [6.07, 6.45) is 2.87. The minimum atomic E-state index is -1.71. The van der Waals surface area contributed by atoms with Crippen molar-refractivity contribution < 1.29 is 15.1 Å². The van der Waals surface area contributed by atoms with Crippen LogP contribution in [-0.4, -0.2) is 46.1 Å². The quantitative estimate of drug-likeness (QED) is 0.284. The number of aliphatic hydroxyl groups excluding tert-OH is 2. The molecule has 0 aromatic rings. The maximum absolute atomic E-state index is 11.1. The summed E-state index contributed by atoms with van der Waals surface area (Å²) in [7, 11) is 0. The van der Waals surface area contributed by atoms with E-state index in [4.69, 9.17) is 22.4 Å². The molecule has 0 saturated heterocycles. The lowest BCUT2D eigenvalue weighted by atomic mass is 9.96. The second-order valence-electron chi connectivity index (χ2n) is 3.71. The lowest BCUT2D eigenvalue weighted by molar-refractivity contribution is -0.565. The van der Waals surface area contributed by atoms with Crippen molar-refractivity contribution in [2.45, 2.75) is 17.8 Å². The molecule has 1 rings (SSSR count). The molecule has 0 saturated carbocycles. The molecular weight excluding hydrogens is 250 g/mol. The van der Waals surface area contributed by atoms with Gasteiger partial charge < -0.3 is 15.9 Å². The van der Waals surface area contributed by atoms with Gasteiger partial charge in [0.05, 0.1) is 12.7 Å². The lowest BCUT2D eigenvalue weighted by Crippen LogP contribution is -2.63. The fourth-order valence-corrected chi connectivity index (χ4v) is 1.64. The summed E-state index contributed by atoms with van der Waals surface area (Å²) in [5.74, 6) is 0. The van der Waals surface area contributed by atoms with Crippen LogP contribution in [0.5, 0.6) is 0 Å². The first-order valence-electron chi connectivity index (χ1n) is 4.93. The zero-order valence-electron chi connectivity index (χ0n) is 8.91. The van der Waals surface area contributed by atoms with E-state index < -0.39 is 29.3 Å². The van der Waals surface area contributed by atoms with Crippen LogP contribution in [0.15, 0.2) is 23.3 Å². The van der Waals surface area contributed by atoms with E-state index in [-0.39, 0.29) is 6.54 Å². The van der Waals surface area contributed by atoms with Gasteiger partial charge in [-0.05, 0) is 12.2 Å². The first-order chi connectivity index (χ1) is 7.92. The number of nitrogens with zero attached hydrogens (tertiary/aromatic N) is 1. The summed E-state index contributed by atoms with van der Waals surface area (Å²) in [6, 6.07) is -0.958. The third-order valence-electron chi connectivity index (χ3n) is 2.48. The van der Waals surface area contributed by atoms with Gasteiger partial charge in [0.1, 0.15) is 6.04 Å². The Labute approximate surface area is 103 Å². The van der Waals surface area contributed by atoms with Crippen LogP contribution in [0.3, 0.4) is 0 Å². The smallest absolute Gasteiger partial charge is 0.312 e. The Bertz CT molecular complexity index is 360. The van der Waals surface area contributed by atoms with Crippen molar-refractivity contribution in [1.82, 2.24) is 5.32 Å². The van der Waals surface area contributed by atoms with Crippen LogP contribution in [0, 0.1) is 10.1 Å². The average molecular weight is 264 g/mol. The molecule has 1 aliphatic carbocycles. The molecule has 1 aliphatic rings. The van der Waals surface area contributed by atoms with Crippen LogP contribution in [0.25, 0.3) is 0 Å². The molecular formula is C9H14ClN3O4. The van der Waals surface area contributed by atoms with E-state index in [1.807, 2.05) is 0 Å². The fourth-order valence-electron chi connectivity index (χ4n) is 1.44. The predicted octanol–water partition coefficient (Wildman–Crippen LogP) is -1.08. The Balaban J connectivity index is 2.85. The van der Waals surface area contributed by atoms with E-state index in [1.165, 1.54) is 18.2 Å². The molecule has 0 aromatic carbocycles. The third-order valence-corrected chi connectivity index (χ3v) is 2.73. The molecule has 0 aliphatic heterocycles. The van der Waals surface area contributed by atoms with Crippen LogP contribution in [0.4, 0.5) is 0 Å². The molecule has 0 fully saturated rings. The van der Waals surface area contributed by atoms with Crippen LogP contribution in [0.2, 0.25) is 0 Å². The van der Waals surface area contributed by atoms with Crippen LogP contribution < -0.4 is 11.1 Å². The standard InChI is InChI=1S/C9H14ClN3O4/c10-6-1-2-9(13(16)17,8(11)3-6)12-4-7(15)5-14/h1-3,7-8,12,14-15H,4-5,11H2. The Morgan fingerprint density at radius 1 is 1.76 bits per heavy atom. The summed E-state index contributed by atoms with van der Waals surface area (Å²) in [5.41, 5.74) is 3.96. The van der Waals surface area contributed by atoms with Gasteiger partial charge in [0.25, 0.3) is 0 Å². The Morgan fingerprint density at radius 2 is 2.41 bits per heavy atom. The highest BCUT2D eigenvalue weighted by molar-refractivity contribution is 6.31. The number of allylic oxidation sites excluding steroid dienone is 2. The molecule has 3 atom stereocenters. The number of nitrogens with two attached hydrogens (primary N) is 1. The monoisotopic (exact) mass is 263 g/mol. The second kappa shape index (κ2) is 5.56. The number of hydrogen-bond acceptors (Lipinski definition) is 6. The number of nitro groups is 1. The molecule has 8 heteroatoms. The summed E-state index contributed by atoms with van der Waals surface area (Å²) in [4.78, 5) is 10.5. The van der Waals surface area contributed by atoms with E-state index in [0.29, 0.717) is 5.03 Å². The highest BCUT2D eigenvalue weighted by atomic mass is 35.5. The van der Waals surface area contributed by atoms with E-state index in [9.17, 15) is 15.2 Å². The lowest BCUT2D eigenvalue weighted by Gasteiger charge is -2.30. The molecule has 17 heavy (non-hydrogen) atoms. The Morgan fingerprint density at radius 3 is 2.88 bits per heavy atom. The van der Waals surface area contributed by atoms with Gasteiger partial charge in [0.15, 0.2) is 0 Å². The van der Waals surface area contributed by atoms with Gasteiger partial charge in [-0.3, -0.25) is 10.1 Å². The van der Waals surface area contributed by atoms with E-state index in [1.54, 1.807) is 0 Å². The molecule has 3 unspecified atom stereocenters. The molecule has 0 aromatic heterocycles. The number of nitrogens with one attached hydrogen (secondary N) is 1. The molecule has 0 radical (unpaired) electrons. The van der Waals surface area contributed by atoms with Gasteiger partial charge in [0.2, 0.25) is 0 Å². The number of halogens is 1. The molecule has 96 valence electrons. The van der Waals surface area contributed by atoms with Gasteiger partial charge in [-0.1, -0.05) is 11.6 Å². The van der Waals surface area contributed by atoms with Crippen molar-refractivity contribution in [3.05, 3.63) is 33.4 Å². The molecule has 7 nitrogen and oxygen atoms in total. The van der Waals surface area contributed by atoms with E-state index in [2.05, 4.69) is 5.32 Å². The maximum atomic E-state index is 11.1. The zero-order valence-corrected chi connectivity index (χ0v) is 9.67. The molecule has 0 spiro atoms. The first-order valence-corrected chi connectivity index (χ1v) is 5.30. The number of aliphatic hydroxyl groups is 2. The molecule has 0 amide bonds. The zero-order chi connectivity index (χ0) is 13.1. The SMILES string of the molecule is NC1C=C(Cl)C=CC1(NCC(O)CO)[N+](=O)[O-]. The predicted molar refractivity (Wildman–Crippen MR) is 61.9 cm³/mol. The van der Waals surface area contributed by atoms with Crippen LogP contribution >= 0.6 is 11.6 Å². The average Bonchev–Trinajstić information content (AvgIpc) is 2.27. The summed E-state index contributed by atoms with van der Waals surface area (Å²) < 4.78 is 0. The molecule has 0 heterocycles. The van der Waals surface area contributed by atoms with Gasteiger partial charge in [-0.2, -0.15) is 0 Å². The number of hydrogen-bond donors (Lipinski definition) is 4. The minimum absolute atomic E-state index is 0.152. The summed E-state index contributed by atoms with van der Waals surface area (Å²) in [6.45, 7) is -0.642. The summed E-state index contributed by atoms with van der Waals surface area (Å²) in [5, 5.41) is 31.8. The van der Waals surface area contributed by atoms with Crippen molar-refractivity contribution in [2.24, 2.45) is 5.73 Å². The highest BCUT2D eigenvalue weighted by Gasteiger charge is 2.47. The van der Waals surface area contributed by atoms with Crippen molar-refractivity contribution in [2.75, 3.05) is 13.2 Å². The van der Waals surface area contributed by atoms with Crippen molar-refractivity contribution in [3.63, 3.8) is 0 Å². The first kappa shape index (κ1) is 14.1.